The van der Waals surface area contributed by atoms with E-state index in [4.69, 9.17) is 14.5 Å². The normalized spacial score (nSPS) is 13.9. The van der Waals surface area contributed by atoms with Crippen molar-refractivity contribution in [2.24, 2.45) is 0 Å². The van der Waals surface area contributed by atoms with Crippen molar-refractivity contribution in [1.82, 2.24) is 19.9 Å². The van der Waals surface area contributed by atoms with Crippen molar-refractivity contribution >= 4 is 16.7 Å². The average molecular weight is 385 g/mol. The molecular formula is C22H19N5O2. The Kier molecular flexibility index (Phi) is 4.40. The first kappa shape index (κ1) is 17.4. The van der Waals surface area contributed by atoms with Crippen molar-refractivity contribution in [2.75, 3.05) is 25.1 Å². The molecule has 1 aliphatic rings. The summed E-state index contributed by atoms with van der Waals surface area (Å²) in [5, 5.41) is 1.14. The van der Waals surface area contributed by atoms with Gasteiger partial charge in [0.1, 0.15) is 23.4 Å². The molecule has 0 saturated carbocycles. The van der Waals surface area contributed by atoms with Crippen LogP contribution in [0.25, 0.3) is 22.2 Å². The van der Waals surface area contributed by atoms with Crippen LogP contribution in [0.4, 0.5) is 5.82 Å². The Morgan fingerprint density at radius 2 is 1.83 bits per heavy atom. The molecule has 0 unspecified atom stereocenters. The standard InChI is InChI=1S/C22H19N5O2/c1-28-19-12-23-9-8-17(19)21-22(25-11-10-24-21)29-16-13-27(14-16)20-7-6-15-4-2-3-5-18(15)26-20/h2-12,16H,13-14H2,1H3. The van der Waals surface area contributed by atoms with Gasteiger partial charge in [-0.25, -0.2) is 15.0 Å². The van der Waals surface area contributed by atoms with Crippen LogP contribution in [0.2, 0.25) is 0 Å². The number of benzene rings is 1. The van der Waals surface area contributed by atoms with Crippen molar-refractivity contribution in [2.45, 2.75) is 6.10 Å². The molecule has 0 spiro atoms. The van der Waals surface area contributed by atoms with Crippen molar-refractivity contribution in [3.63, 3.8) is 0 Å². The highest BCUT2D eigenvalue weighted by molar-refractivity contribution is 5.80. The van der Waals surface area contributed by atoms with Gasteiger partial charge in [-0.05, 0) is 24.3 Å². The molecule has 29 heavy (non-hydrogen) atoms. The Balaban J connectivity index is 1.33. The van der Waals surface area contributed by atoms with E-state index in [9.17, 15) is 0 Å². The van der Waals surface area contributed by atoms with Gasteiger partial charge in [0, 0.05) is 24.0 Å². The summed E-state index contributed by atoms with van der Waals surface area (Å²) >= 11 is 0. The molecule has 7 heteroatoms. The van der Waals surface area contributed by atoms with Gasteiger partial charge in [0.15, 0.2) is 0 Å². The predicted molar refractivity (Wildman–Crippen MR) is 110 cm³/mol. The number of para-hydroxylation sites is 1. The smallest absolute Gasteiger partial charge is 0.241 e. The van der Waals surface area contributed by atoms with Crippen LogP contribution >= 0.6 is 0 Å². The minimum atomic E-state index is 0.0200. The third kappa shape index (κ3) is 3.31. The van der Waals surface area contributed by atoms with E-state index in [1.165, 1.54) is 0 Å². The molecule has 4 aromatic rings. The molecule has 1 saturated heterocycles. The van der Waals surface area contributed by atoms with E-state index < -0.39 is 0 Å². The largest absolute Gasteiger partial charge is 0.494 e. The van der Waals surface area contributed by atoms with Crippen LogP contribution in [0.15, 0.2) is 67.3 Å². The summed E-state index contributed by atoms with van der Waals surface area (Å²) in [6.07, 6.45) is 6.66. The molecule has 4 heterocycles. The first-order chi connectivity index (χ1) is 14.3. The second kappa shape index (κ2) is 7.35. The van der Waals surface area contributed by atoms with E-state index in [1.807, 2.05) is 30.3 Å². The number of pyridine rings is 2. The molecule has 0 amide bonds. The van der Waals surface area contributed by atoms with Crippen molar-refractivity contribution in [3.05, 3.63) is 67.3 Å². The van der Waals surface area contributed by atoms with Gasteiger partial charge in [0.05, 0.1) is 37.5 Å². The number of nitrogens with zero attached hydrogens (tertiary/aromatic N) is 5. The summed E-state index contributed by atoms with van der Waals surface area (Å²) in [7, 11) is 1.61. The molecule has 144 valence electrons. The van der Waals surface area contributed by atoms with E-state index in [1.54, 1.807) is 31.9 Å². The van der Waals surface area contributed by atoms with Crippen LogP contribution in [0.3, 0.4) is 0 Å². The summed E-state index contributed by atoms with van der Waals surface area (Å²) in [6, 6.07) is 14.1. The zero-order valence-corrected chi connectivity index (χ0v) is 15.9. The van der Waals surface area contributed by atoms with Crippen molar-refractivity contribution in [1.29, 1.82) is 0 Å². The summed E-state index contributed by atoms with van der Waals surface area (Å²) in [4.78, 5) is 19.9. The second-order valence-corrected chi connectivity index (χ2v) is 6.79. The first-order valence-corrected chi connectivity index (χ1v) is 9.38. The lowest BCUT2D eigenvalue weighted by Crippen LogP contribution is -2.54. The Morgan fingerprint density at radius 3 is 2.72 bits per heavy atom. The maximum atomic E-state index is 6.16. The number of hydrogen-bond acceptors (Lipinski definition) is 7. The van der Waals surface area contributed by atoms with Crippen molar-refractivity contribution in [3.8, 4) is 22.9 Å². The number of aromatic nitrogens is 4. The van der Waals surface area contributed by atoms with E-state index in [-0.39, 0.29) is 6.10 Å². The predicted octanol–water partition coefficient (Wildman–Crippen LogP) is 3.36. The molecule has 0 atom stereocenters. The second-order valence-electron chi connectivity index (χ2n) is 6.79. The fraction of sp³-hybridized carbons (Fsp3) is 0.182. The van der Waals surface area contributed by atoms with Gasteiger partial charge in [-0.1, -0.05) is 18.2 Å². The fourth-order valence-corrected chi connectivity index (χ4v) is 3.42. The quantitative estimate of drug-likeness (QED) is 0.521. The maximum Gasteiger partial charge on any atom is 0.241 e. The van der Waals surface area contributed by atoms with Crippen LogP contribution in [0.5, 0.6) is 11.6 Å². The molecule has 7 nitrogen and oxygen atoms in total. The zero-order valence-electron chi connectivity index (χ0n) is 15.9. The van der Waals surface area contributed by atoms with Gasteiger partial charge < -0.3 is 14.4 Å². The van der Waals surface area contributed by atoms with Gasteiger partial charge in [-0.3, -0.25) is 4.98 Å². The van der Waals surface area contributed by atoms with E-state index in [0.29, 0.717) is 17.3 Å². The number of ether oxygens (including phenoxy) is 2. The third-order valence-electron chi connectivity index (χ3n) is 4.96. The Labute approximate surface area is 168 Å². The highest BCUT2D eigenvalue weighted by Crippen LogP contribution is 2.34. The zero-order chi connectivity index (χ0) is 19.6. The number of rotatable bonds is 5. The SMILES string of the molecule is COc1cnccc1-c1nccnc1OC1CN(c2ccc3ccccc3n2)C1. The lowest BCUT2D eigenvalue weighted by atomic mass is 10.1. The monoisotopic (exact) mass is 385 g/mol. The summed E-state index contributed by atoms with van der Waals surface area (Å²) in [6.45, 7) is 1.49. The molecule has 5 rings (SSSR count). The minimum Gasteiger partial charge on any atom is -0.494 e. The topological polar surface area (TPSA) is 73.3 Å². The summed E-state index contributed by atoms with van der Waals surface area (Å²) in [5.74, 6) is 2.08. The van der Waals surface area contributed by atoms with Crippen LogP contribution in [-0.2, 0) is 0 Å². The molecule has 0 bridgehead atoms. The lowest BCUT2D eigenvalue weighted by molar-refractivity contribution is 0.160. The molecule has 0 radical (unpaired) electrons. The molecule has 3 aromatic heterocycles. The first-order valence-electron chi connectivity index (χ1n) is 9.38. The van der Waals surface area contributed by atoms with E-state index in [0.717, 1.165) is 35.4 Å². The third-order valence-corrected chi connectivity index (χ3v) is 4.96. The maximum absolute atomic E-state index is 6.16. The number of anilines is 1. The van der Waals surface area contributed by atoms with Crippen molar-refractivity contribution < 1.29 is 9.47 Å². The summed E-state index contributed by atoms with van der Waals surface area (Å²) in [5.41, 5.74) is 2.45. The van der Waals surface area contributed by atoms with Crippen LogP contribution in [0.1, 0.15) is 0 Å². The van der Waals surface area contributed by atoms with Gasteiger partial charge in [-0.15, -0.1) is 0 Å². The van der Waals surface area contributed by atoms with Gasteiger partial charge in [0.2, 0.25) is 5.88 Å². The van der Waals surface area contributed by atoms with Crippen LogP contribution < -0.4 is 14.4 Å². The Bertz CT molecular complexity index is 1160. The molecule has 1 aromatic carbocycles. The number of fused-ring (bicyclic) bond motifs is 1. The van der Waals surface area contributed by atoms with Gasteiger partial charge >= 0.3 is 0 Å². The highest BCUT2D eigenvalue weighted by atomic mass is 16.5. The molecular weight excluding hydrogens is 366 g/mol. The molecule has 1 aliphatic heterocycles. The lowest BCUT2D eigenvalue weighted by Gasteiger charge is -2.39. The Morgan fingerprint density at radius 1 is 0.966 bits per heavy atom. The minimum absolute atomic E-state index is 0.0200. The van der Waals surface area contributed by atoms with Gasteiger partial charge in [0.25, 0.3) is 0 Å². The van der Waals surface area contributed by atoms with E-state index >= 15 is 0 Å². The van der Waals surface area contributed by atoms with Crippen LogP contribution in [0, 0.1) is 0 Å². The molecule has 0 N–H and O–H groups in total. The number of methoxy groups -OCH3 is 1. The van der Waals surface area contributed by atoms with Gasteiger partial charge in [-0.2, -0.15) is 0 Å². The van der Waals surface area contributed by atoms with Crippen LogP contribution in [-0.4, -0.2) is 46.2 Å². The highest BCUT2D eigenvalue weighted by Gasteiger charge is 2.31. The molecule has 1 fully saturated rings. The average Bonchev–Trinajstić information content (AvgIpc) is 2.76. The summed E-state index contributed by atoms with van der Waals surface area (Å²) < 4.78 is 11.6. The Hall–Kier alpha value is -3.74. The molecule has 0 aliphatic carbocycles. The van der Waals surface area contributed by atoms with E-state index in [2.05, 4.69) is 32.0 Å². The number of hydrogen-bond donors (Lipinski definition) is 0. The fourth-order valence-electron chi connectivity index (χ4n) is 3.42.